The van der Waals surface area contributed by atoms with Gasteiger partial charge < -0.3 is 9.47 Å². The van der Waals surface area contributed by atoms with Crippen molar-refractivity contribution >= 4 is 38.9 Å². The highest BCUT2D eigenvalue weighted by Crippen LogP contribution is 2.58. The number of fused-ring (bicyclic) bond motifs is 5. The van der Waals surface area contributed by atoms with Crippen LogP contribution in [0.3, 0.4) is 0 Å². The van der Waals surface area contributed by atoms with Crippen molar-refractivity contribution in [2.75, 3.05) is 4.90 Å². The molecule has 1 aliphatic heterocycles. The summed E-state index contributed by atoms with van der Waals surface area (Å²) in [5.74, 6) is 0. The van der Waals surface area contributed by atoms with Gasteiger partial charge in [-0.1, -0.05) is 97.1 Å². The van der Waals surface area contributed by atoms with Gasteiger partial charge in [-0.25, -0.2) is 0 Å². The minimum atomic E-state index is -0.785. The summed E-state index contributed by atoms with van der Waals surface area (Å²) in [6, 6.07) is 63.4. The zero-order valence-corrected chi connectivity index (χ0v) is 26.5. The molecule has 0 fully saturated rings. The summed E-state index contributed by atoms with van der Waals surface area (Å²) >= 11 is 0. The molecule has 0 saturated heterocycles. The maximum Gasteiger partial charge on any atom is 0.0991 e. The van der Waals surface area contributed by atoms with Crippen LogP contribution in [-0.4, -0.2) is 4.57 Å². The van der Waals surface area contributed by atoms with Crippen LogP contribution in [-0.2, 0) is 5.41 Å². The van der Waals surface area contributed by atoms with Crippen LogP contribution in [0.25, 0.3) is 27.5 Å². The number of anilines is 3. The molecule has 228 valence electrons. The number of aromatic nitrogens is 1. The summed E-state index contributed by atoms with van der Waals surface area (Å²) in [6.45, 7) is 0. The van der Waals surface area contributed by atoms with Crippen LogP contribution < -0.4 is 4.90 Å². The molecule has 0 atom stereocenters. The van der Waals surface area contributed by atoms with Gasteiger partial charge in [-0.05, 0) is 95.1 Å². The van der Waals surface area contributed by atoms with E-state index in [2.05, 4.69) is 155 Å². The summed E-state index contributed by atoms with van der Waals surface area (Å²) in [5, 5.41) is 22.8. The molecule has 4 heteroatoms. The first kappa shape index (κ1) is 28.4. The van der Waals surface area contributed by atoms with Crippen molar-refractivity contribution in [2.45, 2.75) is 5.41 Å². The second-order valence-electron chi connectivity index (χ2n) is 12.4. The molecule has 1 aromatic heterocycles. The van der Waals surface area contributed by atoms with E-state index in [1.54, 1.807) is 0 Å². The number of nitrogens with zero attached hydrogens (tertiary/aromatic N) is 4. The fourth-order valence-corrected chi connectivity index (χ4v) is 7.87. The van der Waals surface area contributed by atoms with E-state index >= 15 is 0 Å². The van der Waals surface area contributed by atoms with Gasteiger partial charge in [-0.2, -0.15) is 10.5 Å². The van der Waals surface area contributed by atoms with E-state index in [0.717, 1.165) is 56.0 Å². The van der Waals surface area contributed by atoms with Gasteiger partial charge in [-0.3, -0.25) is 0 Å². The number of nitriles is 2. The zero-order chi connectivity index (χ0) is 33.0. The molecule has 0 aliphatic carbocycles. The molecule has 0 bridgehead atoms. The average molecular weight is 625 g/mol. The number of hydrogen-bond acceptors (Lipinski definition) is 3. The SMILES string of the molecule is N#Cc1ccc2c(c1)C(c1ccccc1)(c1ccccc1)c1cc(C#N)ccc1N2c1ccc(-n2c3ccccc3c3ccccc32)cc1. The first-order chi connectivity index (χ1) is 24.2. The third-order valence-corrected chi connectivity index (χ3v) is 9.90. The molecule has 0 spiro atoms. The first-order valence-electron chi connectivity index (χ1n) is 16.3. The van der Waals surface area contributed by atoms with E-state index in [0.29, 0.717) is 11.1 Å². The van der Waals surface area contributed by atoms with E-state index in [1.807, 2.05) is 36.4 Å². The van der Waals surface area contributed by atoms with E-state index in [4.69, 9.17) is 0 Å². The maximum absolute atomic E-state index is 10.2. The van der Waals surface area contributed by atoms with E-state index in [9.17, 15) is 10.5 Å². The topological polar surface area (TPSA) is 55.8 Å². The van der Waals surface area contributed by atoms with Gasteiger partial charge in [0.1, 0.15) is 0 Å². The van der Waals surface area contributed by atoms with Crippen molar-refractivity contribution in [3.63, 3.8) is 0 Å². The summed E-state index contributed by atoms with van der Waals surface area (Å²) in [4.78, 5) is 2.27. The highest BCUT2D eigenvalue weighted by Gasteiger charge is 2.46. The van der Waals surface area contributed by atoms with E-state index < -0.39 is 5.41 Å². The van der Waals surface area contributed by atoms with Gasteiger partial charge in [0.25, 0.3) is 0 Å². The van der Waals surface area contributed by atoms with Crippen molar-refractivity contribution in [1.82, 2.24) is 4.57 Å². The minimum absolute atomic E-state index is 0.580. The maximum atomic E-state index is 10.2. The number of hydrogen-bond donors (Lipinski definition) is 0. The molecule has 7 aromatic carbocycles. The predicted octanol–water partition coefficient (Wildman–Crippen LogP) is 10.7. The zero-order valence-electron chi connectivity index (χ0n) is 26.5. The molecule has 0 N–H and O–H groups in total. The molecule has 8 aromatic rings. The second kappa shape index (κ2) is 11.1. The smallest absolute Gasteiger partial charge is 0.0991 e. The summed E-state index contributed by atoms with van der Waals surface area (Å²) in [7, 11) is 0. The van der Waals surface area contributed by atoms with Gasteiger partial charge in [0, 0.05) is 22.1 Å². The van der Waals surface area contributed by atoms with E-state index in [1.165, 1.54) is 10.8 Å². The van der Waals surface area contributed by atoms with Gasteiger partial charge in [-0.15, -0.1) is 0 Å². The highest BCUT2D eigenvalue weighted by molar-refractivity contribution is 6.09. The van der Waals surface area contributed by atoms with Crippen molar-refractivity contribution in [3.05, 3.63) is 203 Å². The summed E-state index contributed by atoms with van der Waals surface area (Å²) < 4.78 is 2.32. The van der Waals surface area contributed by atoms with Gasteiger partial charge in [0.05, 0.1) is 51.1 Å². The average Bonchev–Trinajstić information content (AvgIpc) is 3.52. The molecule has 4 nitrogen and oxygen atoms in total. The Morgan fingerprint density at radius 3 is 1.33 bits per heavy atom. The van der Waals surface area contributed by atoms with Gasteiger partial charge >= 0.3 is 0 Å². The quantitative estimate of drug-likeness (QED) is 0.196. The Labute approximate surface area is 284 Å². The Hall–Kier alpha value is -6.88. The lowest BCUT2D eigenvalue weighted by Gasteiger charge is -2.46. The first-order valence-corrected chi connectivity index (χ1v) is 16.3. The summed E-state index contributed by atoms with van der Waals surface area (Å²) in [5.41, 5.74) is 10.8. The number of rotatable bonds is 4. The van der Waals surface area contributed by atoms with Crippen LogP contribution in [0, 0.1) is 22.7 Å². The van der Waals surface area contributed by atoms with Crippen LogP contribution in [0.1, 0.15) is 33.4 Å². The van der Waals surface area contributed by atoms with Crippen molar-refractivity contribution < 1.29 is 0 Å². The molecule has 0 amide bonds. The summed E-state index contributed by atoms with van der Waals surface area (Å²) in [6.07, 6.45) is 0. The Morgan fingerprint density at radius 1 is 0.429 bits per heavy atom. The normalized spacial score (nSPS) is 13.0. The minimum Gasteiger partial charge on any atom is -0.310 e. The lowest BCUT2D eigenvalue weighted by molar-refractivity contribution is 0.730. The third-order valence-electron chi connectivity index (χ3n) is 9.90. The van der Waals surface area contributed by atoms with Crippen LogP contribution in [0.4, 0.5) is 17.1 Å². The largest absolute Gasteiger partial charge is 0.310 e. The van der Waals surface area contributed by atoms with E-state index in [-0.39, 0.29) is 0 Å². The molecule has 0 radical (unpaired) electrons. The highest BCUT2D eigenvalue weighted by atomic mass is 15.2. The molecular weight excluding hydrogens is 597 g/mol. The van der Waals surface area contributed by atoms with Gasteiger partial charge in [0.2, 0.25) is 0 Å². The lowest BCUT2D eigenvalue weighted by atomic mass is 9.62. The monoisotopic (exact) mass is 624 g/mol. The fourth-order valence-electron chi connectivity index (χ4n) is 7.87. The fraction of sp³-hybridized carbons (Fsp3) is 0.0222. The lowest BCUT2D eigenvalue weighted by Crippen LogP contribution is -2.38. The van der Waals surface area contributed by atoms with Crippen molar-refractivity contribution in [3.8, 4) is 17.8 Å². The Balaban J connectivity index is 1.32. The standard InChI is InChI=1S/C45H28N4/c46-29-31-19-25-43-39(27-31)45(33-11-3-1-4-12-33,34-13-5-2-6-14-34)40-28-32(30-47)20-26-44(40)49(43)36-23-21-35(22-24-36)48-41-17-9-7-15-37(41)38-16-8-10-18-42(38)48/h1-28H. The molecule has 49 heavy (non-hydrogen) atoms. The van der Waals surface area contributed by atoms with Crippen LogP contribution in [0.5, 0.6) is 0 Å². The van der Waals surface area contributed by atoms with Gasteiger partial charge in [0.15, 0.2) is 0 Å². The van der Waals surface area contributed by atoms with Crippen molar-refractivity contribution in [2.24, 2.45) is 0 Å². The Morgan fingerprint density at radius 2 is 0.857 bits per heavy atom. The van der Waals surface area contributed by atoms with Crippen LogP contribution in [0.15, 0.2) is 170 Å². The molecule has 0 unspecified atom stereocenters. The predicted molar refractivity (Wildman–Crippen MR) is 197 cm³/mol. The second-order valence-corrected chi connectivity index (χ2v) is 12.4. The third kappa shape index (κ3) is 4.15. The van der Waals surface area contributed by atoms with Crippen LogP contribution >= 0.6 is 0 Å². The molecule has 1 aliphatic rings. The number of benzene rings is 7. The Bertz CT molecular complexity index is 2460. The molecule has 9 rings (SSSR count). The van der Waals surface area contributed by atoms with Crippen molar-refractivity contribution in [1.29, 1.82) is 10.5 Å². The molecule has 0 saturated carbocycles. The Kier molecular flexibility index (Phi) is 6.44. The number of para-hydroxylation sites is 2. The molecular formula is C45H28N4. The molecule has 2 heterocycles. The van der Waals surface area contributed by atoms with Crippen LogP contribution in [0.2, 0.25) is 0 Å².